The third-order valence-corrected chi connectivity index (χ3v) is 1.04. The minimum Gasteiger partial charge on any atom is -0.504 e. The van der Waals surface area contributed by atoms with Crippen LogP contribution >= 0.6 is 0 Å². The predicted molar refractivity (Wildman–Crippen MR) is 34.6 cm³/mol. The van der Waals surface area contributed by atoms with Gasteiger partial charge in [-0.05, 0) is 18.9 Å². The molecule has 0 fully saturated rings. The van der Waals surface area contributed by atoms with E-state index in [1.54, 1.807) is 6.08 Å². The van der Waals surface area contributed by atoms with Gasteiger partial charge in [0, 0.05) is 0 Å². The number of rotatable bonds is 4. The zero-order valence-corrected chi connectivity index (χ0v) is 5.35. The molecule has 0 aliphatic heterocycles. The largest absolute Gasteiger partial charge is 0.504 e. The Morgan fingerprint density at radius 1 is 1.50 bits per heavy atom. The number of aliphatic hydroxyl groups excluding tert-OH is 1. The molecule has 0 aromatic heterocycles. The SMILES string of the molecule is CCCCC/C=[C]\O. The molecule has 0 atom stereocenters. The Hall–Kier alpha value is -0.460. The summed E-state index contributed by atoms with van der Waals surface area (Å²) in [6.45, 7) is 2.16. The fraction of sp³-hybridized carbons (Fsp3) is 0.714. The van der Waals surface area contributed by atoms with E-state index in [1.165, 1.54) is 19.3 Å². The first-order valence-electron chi connectivity index (χ1n) is 3.13. The first-order valence-corrected chi connectivity index (χ1v) is 3.13. The highest BCUT2D eigenvalue weighted by Gasteiger charge is 1.79. The van der Waals surface area contributed by atoms with Crippen molar-refractivity contribution in [1.29, 1.82) is 0 Å². The summed E-state index contributed by atoms with van der Waals surface area (Å²) in [6, 6.07) is 0. The molecule has 0 heterocycles. The van der Waals surface area contributed by atoms with E-state index in [1.807, 2.05) is 6.26 Å². The topological polar surface area (TPSA) is 20.2 Å². The second-order valence-corrected chi connectivity index (χ2v) is 1.83. The molecule has 0 aromatic rings. The van der Waals surface area contributed by atoms with Gasteiger partial charge in [0.1, 0.15) is 0 Å². The van der Waals surface area contributed by atoms with Crippen LogP contribution in [0.3, 0.4) is 0 Å². The zero-order chi connectivity index (χ0) is 6.24. The van der Waals surface area contributed by atoms with Gasteiger partial charge in [0.25, 0.3) is 0 Å². The van der Waals surface area contributed by atoms with E-state index in [9.17, 15) is 0 Å². The molecule has 0 rings (SSSR count). The van der Waals surface area contributed by atoms with E-state index in [-0.39, 0.29) is 0 Å². The van der Waals surface area contributed by atoms with Gasteiger partial charge >= 0.3 is 0 Å². The minimum atomic E-state index is 0.963. The van der Waals surface area contributed by atoms with Crippen LogP contribution in [0.5, 0.6) is 0 Å². The molecule has 0 saturated heterocycles. The summed E-state index contributed by atoms with van der Waals surface area (Å²) in [7, 11) is 0. The molecule has 0 amide bonds. The Morgan fingerprint density at radius 3 is 2.75 bits per heavy atom. The lowest BCUT2D eigenvalue weighted by molar-refractivity contribution is 0.438. The molecule has 0 saturated carbocycles. The van der Waals surface area contributed by atoms with Crippen molar-refractivity contribution in [3.63, 3.8) is 0 Å². The predicted octanol–water partition coefficient (Wildman–Crippen LogP) is 2.44. The number of allylic oxidation sites excluding steroid dienone is 1. The van der Waals surface area contributed by atoms with Crippen molar-refractivity contribution in [2.24, 2.45) is 0 Å². The first-order chi connectivity index (χ1) is 3.91. The molecule has 0 aromatic carbocycles. The molecular weight excluding hydrogens is 100 g/mol. The number of unbranched alkanes of at least 4 members (excludes halogenated alkanes) is 3. The molecule has 47 valence electrons. The van der Waals surface area contributed by atoms with Crippen molar-refractivity contribution < 1.29 is 5.11 Å². The van der Waals surface area contributed by atoms with Gasteiger partial charge in [-0.15, -0.1) is 0 Å². The van der Waals surface area contributed by atoms with Crippen LogP contribution in [0.2, 0.25) is 0 Å². The summed E-state index contributed by atoms with van der Waals surface area (Å²) in [4.78, 5) is 0. The quantitative estimate of drug-likeness (QED) is 0.438. The van der Waals surface area contributed by atoms with Crippen LogP contribution in [0, 0.1) is 6.26 Å². The monoisotopic (exact) mass is 113 g/mol. The Kier molecular flexibility index (Phi) is 6.16. The highest BCUT2D eigenvalue weighted by molar-refractivity contribution is 4.64. The van der Waals surface area contributed by atoms with Gasteiger partial charge in [0.05, 0.1) is 0 Å². The highest BCUT2D eigenvalue weighted by Crippen LogP contribution is 1.98. The van der Waals surface area contributed by atoms with Crippen LogP contribution in [-0.4, -0.2) is 5.11 Å². The maximum absolute atomic E-state index is 8.06. The molecule has 0 aliphatic carbocycles. The van der Waals surface area contributed by atoms with E-state index in [2.05, 4.69) is 6.92 Å². The molecular formula is C7H13O. The second-order valence-electron chi connectivity index (χ2n) is 1.83. The molecule has 0 aliphatic rings. The fourth-order valence-electron chi connectivity index (χ4n) is 0.561. The number of aliphatic hydroxyl groups is 1. The van der Waals surface area contributed by atoms with Crippen LogP contribution in [0.1, 0.15) is 32.6 Å². The van der Waals surface area contributed by atoms with E-state index in [0.29, 0.717) is 0 Å². The molecule has 1 radical (unpaired) electrons. The van der Waals surface area contributed by atoms with Gasteiger partial charge in [-0.3, -0.25) is 0 Å². The fourth-order valence-corrected chi connectivity index (χ4v) is 0.561. The van der Waals surface area contributed by atoms with Crippen molar-refractivity contribution in [3.05, 3.63) is 12.3 Å². The normalized spacial score (nSPS) is 10.6. The highest BCUT2D eigenvalue weighted by atomic mass is 16.2. The van der Waals surface area contributed by atoms with Gasteiger partial charge in [0.15, 0.2) is 6.26 Å². The van der Waals surface area contributed by atoms with Crippen molar-refractivity contribution in [3.8, 4) is 0 Å². The average Bonchev–Trinajstić information content (AvgIpc) is 1.81. The van der Waals surface area contributed by atoms with Crippen LogP contribution in [0.4, 0.5) is 0 Å². The van der Waals surface area contributed by atoms with E-state index in [0.717, 1.165) is 6.42 Å². The molecule has 1 N–H and O–H groups in total. The molecule has 0 unspecified atom stereocenters. The number of hydrogen-bond acceptors (Lipinski definition) is 1. The molecule has 1 nitrogen and oxygen atoms in total. The van der Waals surface area contributed by atoms with Gasteiger partial charge in [-0.2, -0.15) is 0 Å². The maximum atomic E-state index is 8.06. The maximum Gasteiger partial charge on any atom is 0.152 e. The van der Waals surface area contributed by atoms with Crippen LogP contribution in [0.25, 0.3) is 0 Å². The van der Waals surface area contributed by atoms with Crippen LogP contribution in [0.15, 0.2) is 6.08 Å². The van der Waals surface area contributed by atoms with Gasteiger partial charge in [-0.25, -0.2) is 0 Å². The summed E-state index contributed by atoms with van der Waals surface area (Å²) in [5, 5.41) is 8.06. The number of hydrogen-bond donors (Lipinski definition) is 1. The Bertz CT molecular complexity index is 57.4. The Labute approximate surface area is 51.0 Å². The van der Waals surface area contributed by atoms with Crippen LogP contribution < -0.4 is 0 Å². The van der Waals surface area contributed by atoms with E-state index >= 15 is 0 Å². The second kappa shape index (κ2) is 6.54. The summed E-state index contributed by atoms with van der Waals surface area (Å²) in [5.41, 5.74) is 0. The summed E-state index contributed by atoms with van der Waals surface area (Å²) in [5.74, 6) is 0. The summed E-state index contributed by atoms with van der Waals surface area (Å²) >= 11 is 0. The smallest absolute Gasteiger partial charge is 0.152 e. The minimum absolute atomic E-state index is 0.963. The van der Waals surface area contributed by atoms with Crippen molar-refractivity contribution in [2.75, 3.05) is 0 Å². The third kappa shape index (κ3) is 5.54. The molecule has 0 spiro atoms. The van der Waals surface area contributed by atoms with Gasteiger partial charge in [0.2, 0.25) is 0 Å². The van der Waals surface area contributed by atoms with Crippen LogP contribution in [-0.2, 0) is 0 Å². The molecule has 0 bridgehead atoms. The summed E-state index contributed by atoms with van der Waals surface area (Å²) < 4.78 is 0. The van der Waals surface area contributed by atoms with Crippen molar-refractivity contribution >= 4 is 0 Å². The first kappa shape index (κ1) is 7.54. The van der Waals surface area contributed by atoms with E-state index in [4.69, 9.17) is 5.11 Å². The average molecular weight is 113 g/mol. The lowest BCUT2D eigenvalue weighted by atomic mass is 10.2. The Balaban J connectivity index is 2.72. The van der Waals surface area contributed by atoms with Crippen molar-refractivity contribution in [1.82, 2.24) is 0 Å². The van der Waals surface area contributed by atoms with Crippen molar-refractivity contribution in [2.45, 2.75) is 32.6 Å². The lowest BCUT2D eigenvalue weighted by Gasteiger charge is -1.88. The molecule has 1 heteroatoms. The summed E-state index contributed by atoms with van der Waals surface area (Å²) in [6.07, 6.45) is 8.28. The third-order valence-electron chi connectivity index (χ3n) is 1.04. The molecule has 8 heavy (non-hydrogen) atoms. The van der Waals surface area contributed by atoms with Gasteiger partial charge in [-0.1, -0.05) is 19.8 Å². The standard InChI is InChI=1S/C7H13O/c1-2-3-4-5-6-7-8/h6,8H,2-5H2,1H3. The van der Waals surface area contributed by atoms with E-state index < -0.39 is 0 Å². The zero-order valence-electron chi connectivity index (χ0n) is 5.35. The lowest BCUT2D eigenvalue weighted by Crippen LogP contribution is -1.69. The van der Waals surface area contributed by atoms with Gasteiger partial charge < -0.3 is 5.11 Å². The Morgan fingerprint density at radius 2 is 2.25 bits per heavy atom.